The number of rotatable bonds is 10. The Balaban J connectivity index is 1.42. The normalized spacial score (nSPS) is 13.5. The average Bonchev–Trinajstić information content (AvgIpc) is 3.54. The maximum Gasteiger partial charge on any atom is 0.242 e. The van der Waals surface area contributed by atoms with Gasteiger partial charge in [-0.15, -0.1) is 11.3 Å². The molecule has 2 amide bonds. The molecule has 3 aromatic rings. The fourth-order valence-corrected chi connectivity index (χ4v) is 6.05. The molecule has 0 radical (unpaired) electrons. The zero-order valence-electron chi connectivity index (χ0n) is 22.5. The Labute approximate surface area is 228 Å². The summed E-state index contributed by atoms with van der Waals surface area (Å²) in [5.41, 5.74) is 3.65. The number of hydrogen-bond donors (Lipinski definition) is 1. The summed E-state index contributed by atoms with van der Waals surface area (Å²) in [7, 11) is 1.63. The largest absolute Gasteiger partial charge is 0.496 e. The van der Waals surface area contributed by atoms with Crippen molar-refractivity contribution < 1.29 is 14.3 Å². The summed E-state index contributed by atoms with van der Waals surface area (Å²) in [5, 5.41) is 13.4. The number of carbonyl (C=O) groups excluding carboxylic acids is 2. The Morgan fingerprint density at radius 3 is 2.84 bits per heavy atom. The van der Waals surface area contributed by atoms with Crippen LogP contribution in [0.2, 0.25) is 0 Å². The van der Waals surface area contributed by atoms with Crippen LogP contribution in [0, 0.1) is 11.3 Å². The van der Waals surface area contributed by atoms with Crippen molar-refractivity contribution in [1.29, 1.82) is 5.26 Å². The summed E-state index contributed by atoms with van der Waals surface area (Å²) >= 11 is 1.40. The summed E-state index contributed by atoms with van der Waals surface area (Å²) < 4.78 is 7.39. The molecule has 1 atom stereocenters. The molecule has 2 aromatic heterocycles. The van der Waals surface area contributed by atoms with Crippen LogP contribution >= 0.6 is 11.3 Å². The first-order valence-electron chi connectivity index (χ1n) is 13.2. The van der Waals surface area contributed by atoms with E-state index in [4.69, 9.17) is 4.74 Å². The van der Waals surface area contributed by atoms with Gasteiger partial charge in [0.25, 0.3) is 0 Å². The van der Waals surface area contributed by atoms with Crippen molar-refractivity contribution in [2.45, 2.75) is 71.9 Å². The molecule has 1 aromatic carbocycles. The van der Waals surface area contributed by atoms with Crippen LogP contribution < -0.4 is 10.1 Å². The van der Waals surface area contributed by atoms with E-state index in [0.29, 0.717) is 36.5 Å². The average molecular weight is 534 g/mol. The summed E-state index contributed by atoms with van der Waals surface area (Å²) in [6, 6.07) is 8.34. The van der Waals surface area contributed by atoms with Crippen LogP contribution in [0.5, 0.6) is 5.75 Å². The van der Waals surface area contributed by atoms with Gasteiger partial charge in [-0.3, -0.25) is 9.59 Å². The molecule has 0 bridgehead atoms. The van der Waals surface area contributed by atoms with E-state index in [0.717, 1.165) is 40.4 Å². The van der Waals surface area contributed by atoms with E-state index in [1.54, 1.807) is 13.3 Å². The maximum absolute atomic E-state index is 13.1. The Morgan fingerprint density at radius 1 is 1.32 bits per heavy atom. The number of aromatic nitrogens is 2. The number of thiophene rings is 1. The van der Waals surface area contributed by atoms with Crippen LogP contribution in [-0.4, -0.2) is 39.9 Å². The highest BCUT2D eigenvalue weighted by Crippen LogP contribution is 2.37. The maximum atomic E-state index is 13.1. The monoisotopic (exact) mass is 533 g/mol. The Morgan fingerprint density at radius 2 is 2.13 bits per heavy atom. The third-order valence-electron chi connectivity index (χ3n) is 7.26. The van der Waals surface area contributed by atoms with Gasteiger partial charge in [0.05, 0.1) is 19.2 Å². The van der Waals surface area contributed by atoms with Gasteiger partial charge in [0.1, 0.15) is 29.2 Å². The Hall–Kier alpha value is -3.64. The lowest BCUT2D eigenvalue weighted by molar-refractivity contribution is -0.132. The number of nitrogens with zero attached hydrogens (tertiary/aromatic N) is 4. The molecule has 3 heterocycles. The topological polar surface area (TPSA) is 100 Å². The first-order chi connectivity index (χ1) is 18.4. The van der Waals surface area contributed by atoms with Crippen molar-refractivity contribution >= 4 is 28.2 Å². The smallest absolute Gasteiger partial charge is 0.242 e. The number of nitrogens with one attached hydrogen (secondary N) is 1. The minimum absolute atomic E-state index is 0.0268. The molecule has 200 valence electrons. The number of carbonyl (C=O) groups is 2. The van der Waals surface area contributed by atoms with Gasteiger partial charge in [-0.05, 0) is 48.4 Å². The van der Waals surface area contributed by atoms with Gasteiger partial charge in [-0.2, -0.15) is 5.26 Å². The summed E-state index contributed by atoms with van der Waals surface area (Å²) in [5.74, 6) is 1.86. The van der Waals surface area contributed by atoms with Crippen molar-refractivity contribution in [2.75, 3.05) is 19.0 Å². The standard InChI is InChI=1S/C29H35N5O3S/c1-5-19(3)28-31-12-14-34(28)18-27(36)33-13-11-22-23(16-30)29(38-25(22)17-33)32-26(35)10-8-21-15-20(6-2)7-9-24(21)37-4/h7,9,12,14-15,19H,5-6,8,10-11,13,17-18H2,1-4H3,(H,32,35). The zero-order chi connectivity index (χ0) is 27.2. The highest BCUT2D eigenvalue weighted by atomic mass is 32.1. The predicted molar refractivity (Wildman–Crippen MR) is 148 cm³/mol. The van der Waals surface area contributed by atoms with Crippen LogP contribution in [0.15, 0.2) is 30.6 Å². The highest BCUT2D eigenvalue weighted by molar-refractivity contribution is 7.16. The molecule has 0 aliphatic carbocycles. The molecular formula is C29H35N5O3S. The summed E-state index contributed by atoms with van der Waals surface area (Å²) in [6.45, 7) is 7.55. The second-order valence-corrected chi connectivity index (χ2v) is 10.8. The quantitative estimate of drug-likeness (QED) is 0.393. The number of methoxy groups -OCH3 is 1. The molecule has 1 aliphatic rings. The Bertz CT molecular complexity index is 1350. The van der Waals surface area contributed by atoms with Gasteiger partial charge >= 0.3 is 0 Å². The van der Waals surface area contributed by atoms with Crippen LogP contribution in [0.4, 0.5) is 5.00 Å². The highest BCUT2D eigenvalue weighted by Gasteiger charge is 2.28. The zero-order valence-corrected chi connectivity index (χ0v) is 23.4. The number of fused-ring (bicyclic) bond motifs is 1. The molecule has 0 saturated carbocycles. The van der Waals surface area contributed by atoms with Gasteiger partial charge in [0.15, 0.2) is 0 Å². The number of imidazole rings is 1. The van der Waals surface area contributed by atoms with E-state index in [9.17, 15) is 14.9 Å². The van der Waals surface area contributed by atoms with E-state index in [-0.39, 0.29) is 30.7 Å². The third-order valence-corrected chi connectivity index (χ3v) is 8.39. The fraction of sp³-hybridized carbons (Fsp3) is 0.448. The molecule has 4 rings (SSSR count). The lowest BCUT2D eigenvalue weighted by Gasteiger charge is -2.27. The molecule has 0 fully saturated rings. The molecule has 8 nitrogen and oxygen atoms in total. The minimum Gasteiger partial charge on any atom is -0.496 e. The molecular weight excluding hydrogens is 498 g/mol. The lowest BCUT2D eigenvalue weighted by Crippen LogP contribution is -2.37. The van der Waals surface area contributed by atoms with E-state index in [1.807, 2.05) is 27.8 Å². The minimum atomic E-state index is -0.144. The van der Waals surface area contributed by atoms with Gasteiger partial charge in [0.2, 0.25) is 11.8 Å². The predicted octanol–water partition coefficient (Wildman–Crippen LogP) is 5.06. The van der Waals surface area contributed by atoms with Gasteiger partial charge < -0.3 is 19.5 Å². The number of amides is 2. The third kappa shape index (κ3) is 5.91. The summed E-state index contributed by atoms with van der Waals surface area (Å²) in [6.07, 6.45) is 6.89. The fourth-order valence-electron chi connectivity index (χ4n) is 4.82. The number of aryl methyl sites for hydroxylation is 2. The van der Waals surface area contributed by atoms with Crippen molar-refractivity contribution in [3.8, 4) is 11.8 Å². The molecule has 38 heavy (non-hydrogen) atoms. The first kappa shape index (κ1) is 27.4. The molecule has 1 unspecified atom stereocenters. The molecule has 0 spiro atoms. The first-order valence-corrected chi connectivity index (χ1v) is 14.0. The van der Waals surface area contributed by atoms with E-state index >= 15 is 0 Å². The lowest BCUT2D eigenvalue weighted by atomic mass is 10.0. The van der Waals surface area contributed by atoms with Gasteiger partial charge in [0, 0.05) is 36.2 Å². The summed E-state index contributed by atoms with van der Waals surface area (Å²) in [4.78, 5) is 33.2. The van der Waals surface area contributed by atoms with Crippen molar-refractivity contribution in [1.82, 2.24) is 14.5 Å². The van der Waals surface area contributed by atoms with Crippen molar-refractivity contribution in [3.05, 3.63) is 63.5 Å². The second-order valence-electron chi connectivity index (χ2n) is 9.66. The number of ether oxygens (including phenoxy) is 1. The van der Waals surface area contributed by atoms with Gasteiger partial charge in [-0.25, -0.2) is 4.98 Å². The van der Waals surface area contributed by atoms with E-state index in [1.165, 1.54) is 16.9 Å². The molecule has 1 N–H and O–H groups in total. The molecule has 9 heteroatoms. The SMILES string of the molecule is CCc1ccc(OC)c(CCC(=O)Nc2sc3c(c2C#N)CCN(C(=O)Cn2ccnc2C(C)CC)C3)c1. The van der Waals surface area contributed by atoms with Crippen LogP contribution in [0.3, 0.4) is 0 Å². The van der Waals surface area contributed by atoms with Crippen molar-refractivity contribution in [2.24, 2.45) is 0 Å². The molecule has 1 aliphatic heterocycles. The Kier molecular flexibility index (Phi) is 8.85. The van der Waals surface area contributed by atoms with Crippen LogP contribution in [-0.2, 0) is 41.9 Å². The van der Waals surface area contributed by atoms with Crippen LogP contribution in [0.1, 0.15) is 72.5 Å². The van der Waals surface area contributed by atoms with E-state index in [2.05, 4.69) is 43.2 Å². The second kappa shape index (κ2) is 12.3. The number of hydrogen-bond acceptors (Lipinski definition) is 6. The van der Waals surface area contributed by atoms with Gasteiger partial charge in [-0.1, -0.05) is 32.9 Å². The number of anilines is 1. The number of nitriles is 1. The van der Waals surface area contributed by atoms with E-state index < -0.39 is 0 Å². The van der Waals surface area contributed by atoms with Crippen molar-refractivity contribution in [3.63, 3.8) is 0 Å². The molecule has 0 saturated heterocycles. The van der Waals surface area contributed by atoms with Crippen LogP contribution in [0.25, 0.3) is 0 Å². The number of benzene rings is 1.